The molecule has 3 aliphatic heterocycles. The number of imidazole rings is 1. The fourth-order valence-corrected chi connectivity index (χ4v) is 5.12. The van der Waals surface area contributed by atoms with Gasteiger partial charge in [-0.15, -0.1) is 0 Å². The second-order valence-electron chi connectivity index (χ2n) is 8.37. The highest BCUT2D eigenvalue weighted by Gasteiger charge is 2.35. The van der Waals surface area contributed by atoms with Crippen molar-refractivity contribution in [3.05, 3.63) is 34.2 Å². The standard InChI is InChI=1S/C22H25N5O3/c1-25-20-14(5-3-11-26-15-7-8-16(26)13-23-12-15)4-2-6-17(20)27(22(25)30)18-9-10-19(28)24-21(18)29/h2,4,6,15-16,18,23H,7-13H2,1H3,(H,24,28,29). The Labute approximate surface area is 174 Å². The maximum absolute atomic E-state index is 13.0. The number of nitrogens with one attached hydrogen (secondary N) is 2. The van der Waals surface area contributed by atoms with Crippen molar-refractivity contribution < 1.29 is 9.59 Å². The monoisotopic (exact) mass is 407 g/mol. The van der Waals surface area contributed by atoms with Gasteiger partial charge in [0.15, 0.2) is 0 Å². The first-order chi connectivity index (χ1) is 14.5. The van der Waals surface area contributed by atoms with Gasteiger partial charge in [0.25, 0.3) is 0 Å². The lowest BCUT2D eigenvalue weighted by Crippen LogP contribution is -2.51. The van der Waals surface area contributed by atoms with Crippen molar-refractivity contribution >= 4 is 22.8 Å². The Morgan fingerprint density at radius 1 is 1.10 bits per heavy atom. The number of imide groups is 1. The summed E-state index contributed by atoms with van der Waals surface area (Å²) in [6, 6.07) is 6.05. The summed E-state index contributed by atoms with van der Waals surface area (Å²) in [5.41, 5.74) is 1.91. The Balaban J connectivity index is 1.49. The van der Waals surface area contributed by atoms with Gasteiger partial charge >= 0.3 is 5.69 Å². The molecule has 0 saturated carbocycles. The van der Waals surface area contributed by atoms with Crippen LogP contribution < -0.4 is 16.3 Å². The first-order valence-corrected chi connectivity index (χ1v) is 10.5. The summed E-state index contributed by atoms with van der Waals surface area (Å²) in [5, 5.41) is 5.82. The molecule has 3 fully saturated rings. The Hall–Kier alpha value is -2.89. The number of rotatable bonds is 2. The Bertz CT molecular complexity index is 1140. The molecule has 3 atom stereocenters. The predicted octanol–water partition coefficient (Wildman–Crippen LogP) is 0.105. The average Bonchev–Trinajstić information content (AvgIpc) is 3.10. The summed E-state index contributed by atoms with van der Waals surface area (Å²) < 4.78 is 3.05. The molecule has 30 heavy (non-hydrogen) atoms. The van der Waals surface area contributed by atoms with Crippen LogP contribution in [0.2, 0.25) is 0 Å². The van der Waals surface area contributed by atoms with E-state index < -0.39 is 11.9 Å². The molecule has 3 saturated heterocycles. The van der Waals surface area contributed by atoms with Gasteiger partial charge in [-0.05, 0) is 31.4 Å². The van der Waals surface area contributed by atoms with Crippen LogP contribution in [0.25, 0.3) is 11.0 Å². The first-order valence-electron chi connectivity index (χ1n) is 10.5. The molecule has 2 aromatic rings. The van der Waals surface area contributed by atoms with Crippen LogP contribution in [0.15, 0.2) is 23.0 Å². The van der Waals surface area contributed by atoms with Gasteiger partial charge in [0.2, 0.25) is 11.8 Å². The Morgan fingerprint density at radius 3 is 2.60 bits per heavy atom. The number of nitrogens with zero attached hydrogens (tertiary/aromatic N) is 3. The topological polar surface area (TPSA) is 88.4 Å². The average molecular weight is 407 g/mol. The highest BCUT2D eigenvalue weighted by atomic mass is 16.2. The van der Waals surface area contributed by atoms with Crippen molar-refractivity contribution in [3.63, 3.8) is 0 Å². The lowest BCUT2D eigenvalue weighted by atomic mass is 10.1. The molecule has 156 valence electrons. The third-order valence-electron chi connectivity index (χ3n) is 6.64. The molecule has 4 heterocycles. The van der Waals surface area contributed by atoms with Crippen LogP contribution in [0.3, 0.4) is 0 Å². The SMILES string of the molecule is Cn1c(=O)n(C2CCC(=O)NC2=O)c2cccc(C#CCN3C4CCC3CNC4)c21. The number of carbonyl (C=O) groups is 2. The van der Waals surface area contributed by atoms with E-state index >= 15 is 0 Å². The molecule has 8 nitrogen and oxygen atoms in total. The van der Waals surface area contributed by atoms with Crippen LogP contribution in [-0.4, -0.2) is 57.6 Å². The van der Waals surface area contributed by atoms with E-state index in [-0.39, 0.29) is 18.0 Å². The van der Waals surface area contributed by atoms with E-state index in [2.05, 4.69) is 27.4 Å². The Morgan fingerprint density at radius 2 is 1.87 bits per heavy atom. The van der Waals surface area contributed by atoms with Gasteiger partial charge in [0.1, 0.15) is 6.04 Å². The van der Waals surface area contributed by atoms with Gasteiger partial charge in [-0.3, -0.25) is 28.9 Å². The molecule has 8 heteroatoms. The van der Waals surface area contributed by atoms with Crippen molar-refractivity contribution in [2.24, 2.45) is 7.05 Å². The van der Waals surface area contributed by atoms with Crippen molar-refractivity contribution in [2.75, 3.05) is 19.6 Å². The second kappa shape index (κ2) is 7.42. The molecule has 1 aromatic heterocycles. The minimum Gasteiger partial charge on any atom is -0.314 e. The fraction of sp³-hybridized carbons (Fsp3) is 0.500. The molecule has 3 unspecified atom stereocenters. The van der Waals surface area contributed by atoms with Crippen LogP contribution in [-0.2, 0) is 16.6 Å². The zero-order chi connectivity index (χ0) is 20.8. The van der Waals surface area contributed by atoms with Gasteiger partial charge in [0.05, 0.1) is 23.1 Å². The van der Waals surface area contributed by atoms with E-state index in [0.717, 1.165) is 30.7 Å². The van der Waals surface area contributed by atoms with Crippen LogP contribution in [0.1, 0.15) is 37.3 Å². The number of aryl methyl sites for hydroxylation is 1. The van der Waals surface area contributed by atoms with E-state index in [1.807, 2.05) is 18.2 Å². The normalized spacial score (nSPS) is 26.5. The van der Waals surface area contributed by atoms with E-state index in [1.54, 1.807) is 11.6 Å². The third-order valence-corrected chi connectivity index (χ3v) is 6.64. The molecule has 2 bridgehead atoms. The summed E-state index contributed by atoms with van der Waals surface area (Å²) in [7, 11) is 1.70. The molecular weight excluding hydrogens is 382 g/mol. The van der Waals surface area contributed by atoms with Gasteiger partial charge in [-0.1, -0.05) is 17.9 Å². The smallest absolute Gasteiger partial charge is 0.314 e. The predicted molar refractivity (Wildman–Crippen MR) is 112 cm³/mol. The zero-order valence-electron chi connectivity index (χ0n) is 17.0. The van der Waals surface area contributed by atoms with Crippen LogP contribution in [0.5, 0.6) is 0 Å². The van der Waals surface area contributed by atoms with E-state index in [1.165, 1.54) is 17.4 Å². The minimum atomic E-state index is -0.682. The number of hydrogen-bond acceptors (Lipinski definition) is 5. The van der Waals surface area contributed by atoms with Crippen molar-refractivity contribution in [1.29, 1.82) is 0 Å². The number of hydrogen-bond donors (Lipinski definition) is 2. The molecule has 0 aliphatic carbocycles. The number of aromatic nitrogens is 2. The number of amides is 2. The van der Waals surface area contributed by atoms with Crippen molar-refractivity contribution in [3.8, 4) is 11.8 Å². The maximum Gasteiger partial charge on any atom is 0.329 e. The van der Waals surface area contributed by atoms with Crippen LogP contribution in [0, 0.1) is 11.8 Å². The molecular formula is C22H25N5O3. The molecule has 2 N–H and O–H groups in total. The number of piperidine rings is 1. The molecule has 5 rings (SSSR count). The number of carbonyl (C=O) groups excluding carboxylic acids is 2. The van der Waals surface area contributed by atoms with Gasteiger partial charge in [0, 0.05) is 38.6 Å². The Kier molecular flexibility index (Phi) is 4.72. The van der Waals surface area contributed by atoms with E-state index in [0.29, 0.717) is 24.0 Å². The highest BCUT2D eigenvalue weighted by molar-refractivity contribution is 6.00. The van der Waals surface area contributed by atoms with Gasteiger partial charge < -0.3 is 5.32 Å². The minimum absolute atomic E-state index is 0.228. The van der Waals surface area contributed by atoms with Crippen LogP contribution >= 0.6 is 0 Å². The summed E-state index contributed by atoms with van der Waals surface area (Å²) in [6.07, 6.45) is 2.99. The quantitative estimate of drug-likeness (QED) is 0.545. The maximum atomic E-state index is 13.0. The first kappa shape index (κ1) is 19.1. The highest BCUT2D eigenvalue weighted by Crippen LogP contribution is 2.26. The number of piperazine rings is 1. The van der Waals surface area contributed by atoms with Crippen molar-refractivity contribution in [1.82, 2.24) is 24.7 Å². The lowest BCUT2D eigenvalue weighted by Gasteiger charge is -2.33. The van der Waals surface area contributed by atoms with Gasteiger partial charge in [-0.2, -0.15) is 0 Å². The molecule has 1 aromatic carbocycles. The lowest BCUT2D eigenvalue weighted by molar-refractivity contribution is -0.135. The number of fused-ring (bicyclic) bond motifs is 3. The van der Waals surface area contributed by atoms with Crippen LogP contribution in [0.4, 0.5) is 0 Å². The molecule has 3 aliphatic rings. The number of para-hydroxylation sites is 1. The third kappa shape index (κ3) is 3.06. The van der Waals surface area contributed by atoms with Gasteiger partial charge in [-0.25, -0.2) is 4.79 Å². The summed E-state index contributed by atoms with van der Waals surface area (Å²) >= 11 is 0. The number of benzene rings is 1. The van der Waals surface area contributed by atoms with E-state index in [4.69, 9.17) is 0 Å². The fourth-order valence-electron chi connectivity index (χ4n) is 5.12. The second-order valence-corrected chi connectivity index (χ2v) is 8.37. The summed E-state index contributed by atoms with van der Waals surface area (Å²) in [6.45, 7) is 2.77. The summed E-state index contributed by atoms with van der Waals surface area (Å²) in [5.74, 6) is 5.86. The zero-order valence-corrected chi connectivity index (χ0v) is 17.0. The molecule has 2 amide bonds. The molecule has 0 spiro atoms. The largest absolute Gasteiger partial charge is 0.329 e. The van der Waals surface area contributed by atoms with Crippen molar-refractivity contribution in [2.45, 2.75) is 43.8 Å². The molecule has 0 radical (unpaired) electrons. The van der Waals surface area contributed by atoms with E-state index in [9.17, 15) is 14.4 Å². The summed E-state index contributed by atoms with van der Waals surface area (Å²) in [4.78, 5) is 39.3.